The number of benzene rings is 1. The van der Waals surface area contributed by atoms with Crippen molar-refractivity contribution in [2.75, 3.05) is 11.9 Å². The molecule has 1 unspecified atom stereocenters. The summed E-state index contributed by atoms with van der Waals surface area (Å²) < 4.78 is 0.559. The number of thiocarbonyl (C=S) groups is 1. The van der Waals surface area contributed by atoms with E-state index in [-0.39, 0.29) is 5.91 Å². The molecule has 1 aliphatic rings. The van der Waals surface area contributed by atoms with Crippen LogP contribution in [0, 0.1) is 0 Å². The first-order valence-electron chi connectivity index (χ1n) is 9.36. The Balaban J connectivity index is 1.53. The average molecular weight is 426 g/mol. The third-order valence-electron chi connectivity index (χ3n) is 4.28. The summed E-state index contributed by atoms with van der Waals surface area (Å²) in [6, 6.07) is 13.6. The summed E-state index contributed by atoms with van der Waals surface area (Å²) in [5, 5.41) is 13.1. The minimum atomic E-state index is -0.704. The minimum absolute atomic E-state index is 0.0736. The van der Waals surface area contributed by atoms with E-state index in [1.54, 1.807) is 23.4 Å². The fourth-order valence-electron chi connectivity index (χ4n) is 2.91. The molecular weight excluding hydrogens is 402 g/mol. The summed E-state index contributed by atoms with van der Waals surface area (Å²) in [6.07, 6.45) is 7.67. The monoisotopic (exact) mass is 425 g/mol. The van der Waals surface area contributed by atoms with Crippen molar-refractivity contribution in [2.45, 2.75) is 26.0 Å². The normalized spacial score (nSPS) is 17.1. The smallest absolute Gasteiger partial charge is 0.266 e. The van der Waals surface area contributed by atoms with Crippen molar-refractivity contribution in [3.05, 3.63) is 77.0 Å². The summed E-state index contributed by atoms with van der Waals surface area (Å²) in [5.74, 6) is -0.0736. The number of nitrogens with zero attached hydrogens (tertiary/aromatic N) is 2. The summed E-state index contributed by atoms with van der Waals surface area (Å²) in [7, 11) is 0. The number of anilines is 1. The molecule has 0 spiro atoms. The second-order valence-electron chi connectivity index (χ2n) is 6.68. The van der Waals surface area contributed by atoms with Crippen molar-refractivity contribution >= 4 is 46.0 Å². The van der Waals surface area contributed by atoms with Gasteiger partial charge in [0.2, 0.25) is 0 Å². The Morgan fingerprint density at radius 1 is 1.31 bits per heavy atom. The standard InChI is InChI=1S/C22H23N3O2S2/c1-16(13-17-7-3-2-4-8-17)14-19-21(27)25(22(28)29-19)12-6-10-20(26)24-18-9-5-11-23-15-18/h2-5,7-9,11,13-15,20,24,26H,6,10,12H2,1H3. The number of aliphatic hydroxyl groups excluding tert-OH is 1. The molecule has 2 N–H and O–H groups in total. The zero-order valence-electron chi connectivity index (χ0n) is 16.1. The molecule has 1 aromatic heterocycles. The van der Waals surface area contributed by atoms with Crippen molar-refractivity contribution in [3.8, 4) is 0 Å². The van der Waals surface area contributed by atoms with Crippen LogP contribution in [-0.4, -0.2) is 38.0 Å². The summed E-state index contributed by atoms with van der Waals surface area (Å²) in [4.78, 5) is 19.0. The topological polar surface area (TPSA) is 65.5 Å². The van der Waals surface area contributed by atoms with Gasteiger partial charge in [-0.15, -0.1) is 0 Å². The van der Waals surface area contributed by atoms with Gasteiger partial charge in [0.15, 0.2) is 0 Å². The lowest BCUT2D eigenvalue weighted by Crippen LogP contribution is -2.30. The van der Waals surface area contributed by atoms with Crippen LogP contribution in [-0.2, 0) is 4.79 Å². The third-order valence-corrected chi connectivity index (χ3v) is 5.66. The molecule has 150 valence electrons. The maximum absolute atomic E-state index is 12.7. The van der Waals surface area contributed by atoms with Crippen LogP contribution in [0.1, 0.15) is 25.3 Å². The van der Waals surface area contributed by atoms with Crippen molar-refractivity contribution in [1.29, 1.82) is 0 Å². The maximum Gasteiger partial charge on any atom is 0.266 e. The van der Waals surface area contributed by atoms with Crippen LogP contribution in [0.4, 0.5) is 5.69 Å². The van der Waals surface area contributed by atoms with E-state index in [2.05, 4.69) is 10.3 Å². The number of amides is 1. The van der Waals surface area contributed by atoms with E-state index >= 15 is 0 Å². The zero-order valence-corrected chi connectivity index (χ0v) is 17.7. The molecule has 1 aliphatic heterocycles. The lowest BCUT2D eigenvalue weighted by molar-refractivity contribution is -0.122. The lowest BCUT2D eigenvalue weighted by atomic mass is 10.1. The van der Waals surface area contributed by atoms with Gasteiger partial charge in [-0.1, -0.05) is 60.4 Å². The van der Waals surface area contributed by atoms with Crippen molar-refractivity contribution in [1.82, 2.24) is 9.88 Å². The molecule has 0 aliphatic carbocycles. The predicted molar refractivity (Wildman–Crippen MR) is 123 cm³/mol. The molecule has 0 saturated carbocycles. The number of thioether (sulfide) groups is 1. The van der Waals surface area contributed by atoms with Gasteiger partial charge in [0.1, 0.15) is 10.5 Å². The van der Waals surface area contributed by atoms with E-state index in [4.69, 9.17) is 12.2 Å². The van der Waals surface area contributed by atoms with Crippen molar-refractivity contribution in [2.24, 2.45) is 0 Å². The quantitative estimate of drug-likeness (QED) is 0.370. The Morgan fingerprint density at radius 2 is 2.10 bits per heavy atom. The van der Waals surface area contributed by atoms with E-state index in [1.165, 1.54) is 11.8 Å². The number of allylic oxidation sites excluding steroid dienone is 2. The highest BCUT2D eigenvalue weighted by atomic mass is 32.2. The van der Waals surface area contributed by atoms with E-state index in [0.29, 0.717) is 28.6 Å². The first kappa shape index (κ1) is 21.2. The van der Waals surface area contributed by atoms with Gasteiger partial charge >= 0.3 is 0 Å². The number of pyridine rings is 1. The van der Waals surface area contributed by atoms with Gasteiger partial charge in [-0.05, 0) is 49.1 Å². The number of hydrogen-bond donors (Lipinski definition) is 2. The molecule has 5 nitrogen and oxygen atoms in total. The molecule has 2 heterocycles. The highest BCUT2D eigenvalue weighted by Gasteiger charge is 2.31. The molecule has 3 rings (SSSR count). The molecule has 1 amide bonds. The molecule has 2 aromatic rings. The molecule has 1 atom stereocenters. The first-order chi connectivity index (χ1) is 14.0. The van der Waals surface area contributed by atoms with Crippen LogP contribution in [0.5, 0.6) is 0 Å². The van der Waals surface area contributed by atoms with Gasteiger partial charge < -0.3 is 10.4 Å². The minimum Gasteiger partial charge on any atom is -0.374 e. The number of rotatable bonds is 8. The first-order valence-corrected chi connectivity index (χ1v) is 10.6. The van der Waals surface area contributed by atoms with Crippen LogP contribution < -0.4 is 5.32 Å². The molecule has 7 heteroatoms. The fourth-order valence-corrected chi connectivity index (χ4v) is 4.27. The Hall–Kier alpha value is -2.48. The highest BCUT2D eigenvalue weighted by molar-refractivity contribution is 8.26. The number of nitrogens with one attached hydrogen (secondary N) is 1. The highest BCUT2D eigenvalue weighted by Crippen LogP contribution is 2.32. The predicted octanol–water partition coefficient (Wildman–Crippen LogP) is 4.44. The summed E-state index contributed by atoms with van der Waals surface area (Å²) in [5.41, 5.74) is 2.84. The van der Waals surface area contributed by atoms with Gasteiger partial charge in [0.05, 0.1) is 10.6 Å². The van der Waals surface area contributed by atoms with Gasteiger partial charge in [-0.25, -0.2) is 0 Å². The SMILES string of the molecule is CC(=Cc1ccccc1)C=C1SC(=S)N(CCCC(O)Nc2cccnc2)C1=O. The van der Waals surface area contributed by atoms with Crippen LogP contribution in [0.3, 0.4) is 0 Å². The molecule has 1 aromatic carbocycles. The number of aromatic nitrogens is 1. The number of carbonyl (C=O) groups is 1. The van der Waals surface area contributed by atoms with Crippen LogP contribution in [0.2, 0.25) is 0 Å². The third kappa shape index (κ3) is 6.25. The van der Waals surface area contributed by atoms with Gasteiger partial charge in [0, 0.05) is 18.9 Å². The lowest BCUT2D eigenvalue weighted by Gasteiger charge is -2.17. The van der Waals surface area contributed by atoms with Crippen LogP contribution in [0.25, 0.3) is 6.08 Å². The van der Waals surface area contributed by atoms with E-state index in [0.717, 1.165) is 16.8 Å². The Bertz CT molecular complexity index is 914. The maximum atomic E-state index is 12.7. The van der Waals surface area contributed by atoms with Gasteiger partial charge in [0.25, 0.3) is 5.91 Å². The second kappa shape index (κ2) is 10.3. The van der Waals surface area contributed by atoms with E-state index < -0.39 is 6.23 Å². The van der Waals surface area contributed by atoms with Crippen LogP contribution >= 0.6 is 24.0 Å². The Labute approximate surface area is 180 Å². The van der Waals surface area contributed by atoms with Crippen LogP contribution in [0.15, 0.2) is 71.4 Å². The molecule has 1 saturated heterocycles. The molecule has 0 radical (unpaired) electrons. The molecule has 0 bridgehead atoms. The zero-order chi connectivity index (χ0) is 20.6. The van der Waals surface area contributed by atoms with E-state index in [9.17, 15) is 9.90 Å². The number of aliphatic hydroxyl groups is 1. The Kier molecular flexibility index (Phi) is 7.57. The molecular formula is C22H23N3O2S2. The Morgan fingerprint density at radius 3 is 2.83 bits per heavy atom. The van der Waals surface area contributed by atoms with Gasteiger partial charge in [-0.3, -0.25) is 14.7 Å². The van der Waals surface area contributed by atoms with Gasteiger partial charge in [-0.2, -0.15) is 0 Å². The van der Waals surface area contributed by atoms with Crippen molar-refractivity contribution in [3.63, 3.8) is 0 Å². The largest absolute Gasteiger partial charge is 0.374 e. The summed E-state index contributed by atoms with van der Waals surface area (Å²) in [6.45, 7) is 2.45. The number of carbonyl (C=O) groups excluding carboxylic acids is 1. The fraction of sp³-hybridized carbons (Fsp3) is 0.227. The van der Waals surface area contributed by atoms with E-state index in [1.807, 2.05) is 55.5 Å². The summed E-state index contributed by atoms with van der Waals surface area (Å²) >= 11 is 6.71. The average Bonchev–Trinajstić information content (AvgIpc) is 2.96. The second-order valence-corrected chi connectivity index (χ2v) is 8.35. The molecule has 1 fully saturated rings. The van der Waals surface area contributed by atoms with Crippen molar-refractivity contribution < 1.29 is 9.90 Å². The molecule has 29 heavy (non-hydrogen) atoms. The number of hydrogen-bond acceptors (Lipinski definition) is 6.